The lowest BCUT2D eigenvalue weighted by Gasteiger charge is -2.23. The van der Waals surface area contributed by atoms with Crippen LogP contribution in [-0.4, -0.2) is 39.7 Å². The molecule has 36 heavy (non-hydrogen) atoms. The van der Waals surface area contributed by atoms with Gasteiger partial charge in [-0.3, -0.25) is 9.69 Å². The SMILES string of the molecule is Cc1ccccc1-c1ccc(-c2nc(-c3ccc([C@H](C)N(C)CC(=O)O)cc3)no2)cc1C(F)(F)F. The molecule has 0 aliphatic rings. The van der Waals surface area contributed by atoms with Gasteiger partial charge in [0.25, 0.3) is 5.89 Å². The fourth-order valence-electron chi connectivity index (χ4n) is 4.00. The molecule has 0 amide bonds. The van der Waals surface area contributed by atoms with Gasteiger partial charge >= 0.3 is 12.1 Å². The topological polar surface area (TPSA) is 79.5 Å². The molecule has 4 rings (SSSR count). The van der Waals surface area contributed by atoms with E-state index in [1.54, 1.807) is 55.3 Å². The average molecular weight is 496 g/mol. The van der Waals surface area contributed by atoms with Gasteiger partial charge in [0.05, 0.1) is 12.1 Å². The summed E-state index contributed by atoms with van der Waals surface area (Å²) in [6.07, 6.45) is -4.57. The third-order valence-electron chi connectivity index (χ3n) is 6.13. The maximum Gasteiger partial charge on any atom is 0.417 e. The van der Waals surface area contributed by atoms with E-state index in [4.69, 9.17) is 9.63 Å². The Morgan fingerprint density at radius 3 is 2.33 bits per heavy atom. The fourth-order valence-corrected chi connectivity index (χ4v) is 4.00. The van der Waals surface area contributed by atoms with Crippen LogP contribution in [0.1, 0.15) is 29.7 Å². The minimum atomic E-state index is -4.57. The Morgan fingerprint density at radius 2 is 1.69 bits per heavy atom. The van der Waals surface area contributed by atoms with Crippen LogP contribution in [0.25, 0.3) is 34.0 Å². The van der Waals surface area contributed by atoms with Crippen LogP contribution in [0.15, 0.2) is 71.3 Å². The molecule has 0 spiro atoms. The zero-order valence-corrected chi connectivity index (χ0v) is 19.9. The average Bonchev–Trinajstić information content (AvgIpc) is 3.33. The summed E-state index contributed by atoms with van der Waals surface area (Å²) in [6.45, 7) is 3.56. The first kappa shape index (κ1) is 25.1. The van der Waals surface area contributed by atoms with E-state index in [1.807, 2.05) is 19.1 Å². The Hall–Kier alpha value is -3.98. The van der Waals surface area contributed by atoms with Crippen molar-refractivity contribution in [3.05, 3.63) is 83.4 Å². The van der Waals surface area contributed by atoms with E-state index in [-0.39, 0.29) is 35.4 Å². The molecule has 4 aromatic rings. The van der Waals surface area contributed by atoms with Crippen LogP contribution in [0.3, 0.4) is 0 Å². The highest BCUT2D eigenvalue weighted by atomic mass is 19.4. The molecule has 0 radical (unpaired) electrons. The van der Waals surface area contributed by atoms with Crippen molar-refractivity contribution < 1.29 is 27.6 Å². The van der Waals surface area contributed by atoms with Crippen molar-refractivity contribution in [1.29, 1.82) is 0 Å². The number of likely N-dealkylation sites (N-methyl/N-ethyl adjacent to an activating group) is 1. The van der Waals surface area contributed by atoms with Crippen molar-refractivity contribution in [2.75, 3.05) is 13.6 Å². The summed E-state index contributed by atoms with van der Waals surface area (Å²) < 4.78 is 47.2. The zero-order chi connectivity index (χ0) is 26.0. The van der Waals surface area contributed by atoms with E-state index < -0.39 is 17.7 Å². The summed E-state index contributed by atoms with van der Waals surface area (Å²) in [5.74, 6) is -0.703. The standard InChI is InChI=1S/C27H24F3N3O3/c1-16-6-4-5-7-21(16)22-13-12-20(14-23(22)27(28,29)30)26-31-25(32-36-26)19-10-8-18(9-11-19)17(2)33(3)15-24(34)35/h4-14,17H,15H2,1-3H3,(H,34,35)/t17-/m0/s1. The zero-order valence-electron chi connectivity index (χ0n) is 19.9. The summed E-state index contributed by atoms with van der Waals surface area (Å²) in [5.41, 5.74) is 2.23. The smallest absolute Gasteiger partial charge is 0.417 e. The minimum absolute atomic E-state index is 0.0227. The summed E-state index contributed by atoms with van der Waals surface area (Å²) in [7, 11) is 1.72. The Balaban J connectivity index is 1.62. The highest BCUT2D eigenvalue weighted by molar-refractivity contribution is 5.74. The third-order valence-corrected chi connectivity index (χ3v) is 6.13. The third kappa shape index (κ3) is 5.31. The first-order valence-electron chi connectivity index (χ1n) is 11.2. The largest absolute Gasteiger partial charge is 0.480 e. The molecule has 6 nitrogen and oxygen atoms in total. The number of hydrogen-bond acceptors (Lipinski definition) is 5. The van der Waals surface area contributed by atoms with Gasteiger partial charge in [0.2, 0.25) is 5.82 Å². The molecular formula is C27H24F3N3O3. The first-order valence-corrected chi connectivity index (χ1v) is 11.2. The lowest BCUT2D eigenvalue weighted by atomic mass is 9.94. The van der Waals surface area contributed by atoms with Crippen molar-refractivity contribution in [2.45, 2.75) is 26.1 Å². The summed E-state index contributed by atoms with van der Waals surface area (Å²) in [4.78, 5) is 17.0. The van der Waals surface area contributed by atoms with Crippen molar-refractivity contribution >= 4 is 5.97 Å². The number of benzene rings is 3. The van der Waals surface area contributed by atoms with Gasteiger partial charge in [-0.15, -0.1) is 0 Å². The summed E-state index contributed by atoms with van der Waals surface area (Å²) >= 11 is 0. The molecule has 0 saturated heterocycles. The molecule has 0 aliphatic carbocycles. The van der Waals surface area contributed by atoms with Gasteiger partial charge in [-0.1, -0.05) is 59.8 Å². The Labute approximate surface area is 206 Å². The van der Waals surface area contributed by atoms with Crippen molar-refractivity contribution in [1.82, 2.24) is 15.0 Å². The van der Waals surface area contributed by atoms with Gasteiger partial charge in [-0.2, -0.15) is 18.2 Å². The van der Waals surface area contributed by atoms with Crippen LogP contribution < -0.4 is 0 Å². The van der Waals surface area contributed by atoms with Crippen molar-refractivity contribution in [3.63, 3.8) is 0 Å². The van der Waals surface area contributed by atoms with E-state index in [0.29, 0.717) is 11.1 Å². The lowest BCUT2D eigenvalue weighted by molar-refractivity contribution is -0.138. The monoisotopic (exact) mass is 495 g/mol. The van der Waals surface area contributed by atoms with Gasteiger partial charge in [-0.05, 0) is 55.3 Å². The van der Waals surface area contributed by atoms with Crippen LogP contribution in [0.2, 0.25) is 0 Å². The number of carboxylic acids is 1. The number of rotatable bonds is 7. The second kappa shape index (κ2) is 9.94. The number of alkyl halides is 3. The molecule has 0 aliphatic heterocycles. The maximum atomic E-state index is 14.0. The maximum absolute atomic E-state index is 14.0. The molecule has 1 aromatic heterocycles. The molecule has 1 atom stereocenters. The van der Waals surface area contributed by atoms with Gasteiger partial charge in [-0.25, -0.2) is 0 Å². The predicted molar refractivity (Wildman–Crippen MR) is 129 cm³/mol. The van der Waals surface area contributed by atoms with Crippen molar-refractivity contribution in [2.24, 2.45) is 0 Å². The Morgan fingerprint density at radius 1 is 1.03 bits per heavy atom. The second-order valence-corrected chi connectivity index (χ2v) is 8.60. The number of hydrogen-bond donors (Lipinski definition) is 1. The Kier molecular flexibility index (Phi) is 6.94. The Bertz CT molecular complexity index is 1380. The molecule has 1 N–H and O–H groups in total. The quantitative estimate of drug-likeness (QED) is 0.316. The minimum Gasteiger partial charge on any atom is -0.480 e. The van der Waals surface area contributed by atoms with Crippen LogP contribution in [0.4, 0.5) is 13.2 Å². The van der Waals surface area contributed by atoms with Crippen LogP contribution in [-0.2, 0) is 11.0 Å². The van der Waals surface area contributed by atoms with Crippen LogP contribution in [0.5, 0.6) is 0 Å². The van der Waals surface area contributed by atoms with E-state index in [2.05, 4.69) is 10.1 Å². The van der Waals surface area contributed by atoms with Gasteiger partial charge in [0, 0.05) is 17.2 Å². The lowest BCUT2D eigenvalue weighted by Crippen LogP contribution is -2.28. The first-order chi connectivity index (χ1) is 17.0. The van der Waals surface area contributed by atoms with E-state index in [1.165, 1.54) is 12.1 Å². The number of aliphatic carboxylic acids is 1. The fraction of sp³-hybridized carbons (Fsp3) is 0.222. The number of aromatic nitrogens is 2. The summed E-state index contributed by atoms with van der Waals surface area (Å²) in [6, 6.07) is 17.9. The van der Waals surface area contributed by atoms with Crippen LogP contribution >= 0.6 is 0 Å². The van der Waals surface area contributed by atoms with E-state index in [0.717, 1.165) is 17.2 Å². The number of nitrogens with zero attached hydrogens (tertiary/aromatic N) is 3. The van der Waals surface area contributed by atoms with Gasteiger partial charge in [0.15, 0.2) is 0 Å². The molecular weight excluding hydrogens is 471 g/mol. The number of aryl methyl sites for hydroxylation is 1. The molecule has 0 saturated carbocycles. The van der Waals surface area contributed by atoms with Gasteiger partial charge in [0.1, 0.15) is 0 Å². The number of halogens is 3. The highest BCUT2D eigenvalue weighted by Gasteiger charge is 2.34. The second-order valence-electron chi connectivity index (χ2n) is 8.60. The molecule has 0 unspecified atom stereocenters. The molecule has 3 aromatic carbocycles. The number of carboxylic acid groups (broad SMARTS) is 1. The van der Waals surface area contributed by atoms with Gasteiger partial charge < -0.3 is 9.63 Å². The normalized spacial score (nSPS) is 12.6. The van der Waals surface area contributed by atoms with E-state index >= 15 is 0 Å². The summed E-state index contributed by atoms with van der Waals surface area (Å²) in [5, 5.41) is 12.9. The molecule has 0 fully saturated rings. The molecule has 186 valence electrons. The van der Waals surface area contributed by atoms with Crippen LogP contribution in [0, 0.1) is 6.92 Å². The molecule has 1 heterocycles. The van der Waals surface area contributed by atoms with E-state index in [9.17, 15) is 18.0 Å². The molecule has 9 heteroatoms. The molecule has 0 bridgehead atoms. The number of carbonyl (C=O) groups is 1. The predicted octanol–water partition coefficient (Wildman–Crippen LogP) is 6.48. The van der Waals surface area contributed by atoms with Crippen molar-refractivity contribution in [3.8, 4) is 34.0 Å². The highest BCUT2D eigenvalue weighted by Crippen LogP contribution is 2.40.